The molecule has 1 aromatic carbocycles. The molecule has 1 heterocycles. The van der Waals surface area contributed by atoms with Crippen molar-refractivity contribution < 1.29 is 9.32 Å². The molecule has 114 valence electrons. The fourth-order valence-electron chi connectivity index (χ4n) is 1.73. The molecule has 1 unspecified atom stereocenters. The van der Waals surface area contributed by atoms with E-state index in [0.29, 0.717) is 24.2 Å². The van der Waals surface area contributed by atoms with E-state index in [0.717, 1.165) is 11.3 Å². The third-order valence-corrected chi connectivity index (χ3v) is 2.90. The number of hydrogen-bond donors (Lipinski definition) is 2. The number of nitrogens with one attached hydrogen (secondary N) is 2. The van der Waals surface area contributed by atoms with E-state index in [4.69, 9.17) is 4.52 Å². The molecule has 0 spiro atoms. The summed E-state index contributed by atoms with van der Waals surface area (Å²) in [6.07, 6.45) is 0.712. The number of rotatable bonds is 5. The third kappa shape index (κ3) is 4.84. The van der Waals surface area contributed by atoms with Crippen LogP contribution in [-0.2, 0) is 11.2 Å². The lowest BCUT2D eigenvalue weighted by atomic mass is 10.2. The molecule has 6 nitrogen and oxygen atoms in total. The van der Waals surface area contributed by atoms with Gasteiger partial charge in [0.05, 0.1) is 0 Å². The van der Waals surface area contributed by atoms with Gasteiger partial charge in [0, 0.05) is 30.6 Å². The summed E-state index contributed by atoms with van der Waals surface area (Å²) in [6, 6.07) is 7.57. The van der Waals surface area contributed by atoms with Gasteiger partial charge in [0.2, 0.25) is 5.91 Å². The molecule has 2 rings (SSSR count). The summed E-state index contributed by atoms with van der Waals surface area (Å²) in [5, 5.41) is 9.79. The number of halogens is 1. The summed E-state index contributed by atoms with van der Waals surface area (Å²) in [6.45, 7) is 3.53. The van der Waals surface area contributed by atoms with Gasteiger partial charge in [0.25, 0.3) is 5.89 Å². The molecule has 0 saturated carbocycles. The highest BCUT2D eigenvalue weighted by atomic mass is 35.5. The van der Waals surface area contributed by atoms with Crippen molar-refractivity contribution in [2.45, 2.75) is 26.3 Å². The zero-order valence-corrected chi connectivity index (χ0v) is 13.0. The predicted octanol–water partition coefficient (Wildman–Crippen LogP) is 2.27. The Bertz CT molecular complexity index is 583. The number of likely N-dealkylation sites (N-methyl/N-ethyl adjacent to an activating group) is 1. The smallest absolute Gasteiger partial charge is 0.257 e. The van der Waals surface area contributed by atoms with Crippen LogP contribution in [0.25, 0.3) is 11.5 Å². The van der Waals surface area contributed by atoms with Crippen molar-refractivity contribution in [1.82, 2.24) is 15.5 Å². The number of anilines is 1. The van der Waals surface area contributed by atoms with Crippen molar-refractivity contribution in [1.29, 1.82) is 0 Å². The van der Waals surface area contributed by atoms with E-state index in [1.54, 1.807) is 12.1 Å². The fraction of sp³-hybridized carbons (Fsp3) is 0.357. The largest absolute Gasteiger partial charge is 0.334 e. The van der Waals surface area contributed by atoms with E-state index in [2.05, 4.69) is 27.7 Å². The highest BCUT2D eigenvalue weighted by molar-refractivity contribution is 5.88. The molecule has 0 fully saturated rings. The van der Waals surface area contributed by atoms with Gasteiger partial charge in [-0.2, -0.15) is 4.98 Å². The second kappa shape index (κ2) is 7.75. The predicted molar refractivity (Wildman–Crippen MR) is 83.5 cm³/mol. The Kier molecular flexibility index (Phi) is 6.33. The van der Waals surface area contributed by atoms with Crippen molar-refractivity contribution in [3.63, 3.8) is 0 Å². The topological polar surface area (TPSA) is 80.0 Å². The van der Waals surface area contributed by atoms with Crippen molar-refractivity contribution in [2.75, 3.05) is 12.4 Å². The number of aromatic nitrogens is 2. The average molecular weight is 311 g/mol. The van der Waals surface area contributed by atoms with Crippen LogP contribution in [0.2, 0.25) is 0 Å². The molecule has 1 atom stereocenters. The van der Waals surface area contributed by atoms with Gasteiger partial charge < -0.3 is 15.2 Å². The molecular formula is C14H19ClN4O2. The van der Waals surface area contributed by atoms with Crippen molar-refractivity contribution in [3.8, 4) is 11.5 Å². The number of benzene rings is 1. The molecule has 2 N–H and O–H groups in total. The maximum Gasteiger partial charge on any atom is 0.257 e. The summed E-state index contributed by atoms with van der Waals surface area (Å²) < 4.78 is 5.24. The second-order valence-electron chi connectivity index (χ2n) is 4.67. The number of carbonyl (C=O) groups excluding carboxylic acids is 1. The van der Waals surface area contributed by atoms with Crippen LogP contribution < -0.4 is 10.6 Å². The first-order valence-electron chi connectivity index (χ1n) is 6.46. The summed E-state index contributed by atoms with van der Waals surface area (Å²) in [4.78, 5) is 15.3. The first kappa shape index (κ1) is 17.1. The molecule has 1 aromatic heterocycles. The van der Waals surface area contributed by atoms with Gasteiger partial charge in [-0.05, 0) is 38.2 Å². The SMILES string of the molecule is CNC(C)Cc1noc(-c2ccc(NC(C)=O)cc2)n1.Cl. The van der Waals surface area contributed by atoms with Gasteiger partial charge in [0.15, 0.2) is 5.82 Å². The fourth-order valence-corrected chi connectivity index (χ4v) is 1.73. The minimum absolute atomic E-state index is 0. The van der Waals surface area contributed by atoms with E-state index in [1.807, 2.05) is 19.2 Å². The number of carbonyl (C=O) groups is 1. The Morgan fingerprint density at radius 1 is 1.33 bits per heavy atom. The maximum atomic E-state index is 10.9. The zero-order chi connectivity index (χ0) is 14.5. The molecule has 0 aliphatic rings. The van der Waals surface area contributed by atoms with Crippen LogP contribution in [0, 0.1) is 0 Å². The van der Waals surface area contributed by atoms with E-state index < -0.39 is 0 Å². The van der Waals surface area contributed by atoms with Crippen LogP contribution in [0.5, 0.6) is 0 Å². The lowest BCUT2D eigenvalue weighted by molar-refractivity contribution is -0.114. The van der Waals surface area contributed by atoms with Crippen molar-refractivity contribution in [2.24, 2.45) is 0 Å². The van der Waals surface area contributed by atoms with Gasteiger partial charge in [-0.1, -0.05) is 5.16 Å². The highest BCUT2D eigenvalue weighted by Crippen LogP contribution is 2.20. The minimum atomic E-state index is -0.0983. The van der Waals surface area contributed by atoms with Crippen LogP contribution >= 0.6 is 12.4 Å². The molecule has 7 heteroatoms. The third-order valence-electron chi connectivity index (χ3n) is 2.90. The molecule has 0 radical (unpaired) electrons. The number of amides is 1. The van der Waals surface area contributed by atoms with Crippen molar-refractivity contribution in [3.05, 3.63) is 30.1 Å². The quantitative estimate of drug-likeness (QED) is 0.885. The molecule has 21 heavy (non-hydrogen) atoms. The van der Waals surface area contributed by atoms with Gasteiger partial charge in [-0.25, -0.2) is 0 Å². The summed E-state index contributed by atoms with van der Waals surface area (Å²) >= 11 is 0. The Balaban J connectivity index is 0.00000220. The zero-order valence-electron chi connectivity index (χ0n) is 12.2. The van der Waals surface area contributed by atoms with E-state index >= 15 is 0 Å². The minimum Gasteiger partial charge on any atom is -0.334 e. The Labute approximate surface area is 129 Å². The average Bonchev–Trinajstić information content (AvgIpc) is 2.87. The molecule has 0 saturated heterocycles. The lowest BCUT2D eigenvalue weighted by Crippen LogP contribution is -2.24. The van der Waals surface area contributed by atoms with Crippen molar-refractivity contribution >= 4 is 24.0 Å². The van der Waals surface area contributed by atoms with Crippen LogP contribution in [0.3, 0.4) is 0 Å². The first-order valence-corrected chi connectivity index (χ1v) is 6.46. The monoisotopic (exact) mass is 310 g/mol. The van der Waals surface area contributed by atoms with Crippen LogP contribution in [0.4, 0.5) is 5.69 Å². The highest BCUT2D eigenvalue weighted by Gasteiger charge is 2.11. The summed E-state index contributed by atoms with van der Waals surface area (Å²) in [5.41, 5.74) is 1.57. The summed E-state index contributed by atoms with van der Waals surface area (Å²) in [7, 11) is 1.90. The molecular weight excluding hydrogens is 292 g/mol. The molecule has 0 aliphatic heterocycles. The molecule has 0 bridgehead atoms. The van der Waals surface area contributed by atoms with E-state index in [-0.39, 0.29) is 18.3 Å². The number of hydrogen-bond acceptors (Lipinski definition) is 5. The van der Waals surface area contributed by atoms with Gasteiger partial charge in [-0.3, -0.25) is 4.79 Å². The number of nitrogens with zero attached hydrogens (tertiary/aromatic N) is 2. The lowest BCUT2D eigenvalue weighted by Gasteiger charge is -2.04. The van der Waals surface area contributed by atoms with Gasteiger partial charge >= 0.3 is 0 Å². The normalized spacial score (nSPS) is 11.6. The standard InChI is InChI=1S/C14H18N4O2.ClH/c1-9(15-3)8-13-17-14(20-18-13)11-4-6-12(7-5-11)16-10(2)19;/h4-7,9,15H,8H2,1-3H3,(H,16,19);1H. The van der Waals surface area contributed by atoms with Crippen LogP contribution in [0.1, 0.15) is 19.7 Å². The molecule has 1 amide bonds. The van der Waals surface area contributed by atoms with Gasteiger partial charge in [0.1, 0.15) is 0 Å². The second-order valence-corrected chi connectivity index (χ2v) is 4.67. The van der Waals surface area contributed by atoms with Crippen LogP contribution in [-0.4, -0.2) is 29.1 Å². The van der Waals surface area contributed by atoms with E-state index in [1.165, 1.54) is 6.92 Å². The first-order chi connectivity index (χ1) is 9.58. The molecule has 2 aromatic rings. The van der Waals surface area contributed by atoms with Gasteiger partial charge in [-0.15, -0.1) is 12.4 Å². The van der Waals surface area contributed by atoms with Crippen LogP contribution in [0.15, 0.2) is 28.8 Å². The van der Waals surface area contributed by atoms with E-state index in [9.17, 15) is 4.79 Å². The Morgan fingerprint density at radius 2 is 2.00 bits per heavy atom. The molecule has 0 aliphatic carbocycles. The Morgan fingerprint density at radius 3 is 2.57 bits per heavy atom. The Hall–Kier alpha value is -1.92. The maximum absolute atomic E-state index is 10.9. The summed E-state index contributed by atoms with van der Waals surface area (Å²) in [5.74, 6) is 1.06.